The van der Waals surface area contributed by atoms with Crippen molar-refractivity contribution in [1.29, 1.82) is 0 Å². The van der Waals surface area contributed by atoms with Crippen molar-refractivity contribution in [2.45, 2.75) is 19.4 Å². The molecule has 1 rings (SSSR count). The molecule has 0 unspecified atom stereocenters. The third kappa shape index (κ3) is 8.13. The quantitative estimate of drug-likeness (QED) is 0.298. The van der Waals surface area contributed by atoms with Crippen molar-refractivity contribution < 1.29 is 9.47 Å². The number of benzene rings is 1. The van der Waals surface area contributed by atoms with Crippen molar-refractivity contribution in [3.8, 4) is 0 Å². The highest BCUT2D eigenvalue weighted by Crippen LogP contribution is 2.00. The predicted octanol–water partition coefficient (Wildman–Crippen LogP) is 3.91. The molecule has 0 bridgehead atoms. The van der Waals surface area contributed by atoms with Crippen LogP contribution in [0.2, 0.25) is 0 Å². The summed E-state index contributed by atoms with van der Waals surface area (Å²) in [7, 11) is 0. The van der Waals surface area contributed by atoms with Crippen LogP contribution < -0.4 is 0 Å². The molecule has 0 heterocycles. The van der Waals surface area contributed by atoms with E-state index in [-0.39, 0.29) is 0 Å². The van der Waals surface area contributed by atoms with E-state index < -0.39 is 0 Å². The van der Waals surface area contributed by atoms with Gasteiger partial charge in [-0.2, -0.15) is 0 Å². The van der Waals surface area contributed by atoms with Gasteiger partial charge in [0, 0.05) is 5.33 Å². The van der Waals surface area contributed by atoms with E-state index in [2.05, 4.69) is 28.1 Å². The summed E-state index contributed by atoms with van der Waals surface area (Å²) in [5, 5.41) is 1.02. The lowest BCUT2D eigenvalue weighted by atomic mass is 10.2. The van der Waals surface area contributed by atoms with E-state index in [1.54, 1.807) is 0 Å². The lowest BCUT2D eigenvalue weighted by Crippen LogP contribution is -2.01. The second-order valence-electron chi connectivity index (χ2n) is 3.60. The van der Waals surface area contributed by atoms with E-state index in [1.165, 1.54) is 5.56 Å². The Morgan fingerprint density at radius 3 is 2.53 bits per heavy atom. The fraction of sp³-hybridized carbons (Fsp3) is 0.429. The van der Waals surface area contributed by atoms with E-state index in [4.69, 9.17) is 9.47 Å². The van der Waals surface area contributed by atoms with Crippen LogP contribution in [0.5, 0.6) is 0 Å². The fourth-order valence-corrected chi connectivity index (χ4v) is 1.57. The first-order chi connectivity index (χ1) is 8.43. The molecule has 94 valence electrons. The smallest absolute Gasteiger partial charge is 0.147 e. The van der Waals surface area contributed by atoms with Gasteiger partial charge in [-0.05, 0) is 18.4 Å². The maximum Gasteiger partial charge on any atom is 0.147 e. The van der Waals surface area contributed by atoms with E-state index in [9.17, 15) is 0 Å². The first kappa shape index (κ1) is 14.4. The van der Waals surface area contributed by atoms with Crippen LogP contribution >= 0.6 is 15.9 Å². The van der Waals surface area contributed by atoms with Crippen molar-refractivity contribution >= 4 is 15.9 Å². The van der Waals surface area contributed by atoms with E-state index in [0.717, 1.165) is 18.2 Å². The Labute approximate surface area is 112 Å². The molecule has 0 saturated carbocycles. The van der Waals surface area contributed by atoms with Crippen molar-refractivity contribution in [2.75, 3.05) is 18.7 Å². The average molecular weight is 299 g/mol. The molecule has 0 amide bonds. The standard InChI is InChI=1S/C14H19BrO2/c15-10-6-1-2-7-11-16-13-17-12-14-8-4-3-5-9-14/h1-5,8-9H,6-7,10-13H2/b2-1+. The molecule has 0 atom stereocenters. The van der Waals surface area contributed by atoms with Gasteiger partial charge in [0.1, 0.15) is 6.79 Å². The third-order valence-corrected chi connectivity index (χ3v) is 2.61. The highest BCUT2D eigenvalue weighted by Gasteiger charge is 1.91. The van der Waals surface area contributed by atoms with Gasteiger partial charge < -0.3 is 9.47 Å². The van der Waals surface area contributed by atoms with Crippen molar-refractivity contribution in [1.82, 2.24) is 0 Å². The molecule has 0 spiro atoms. The Kier molecular flexibility index (Phi) is 8.92. The van der Waals surface area contributed by atoms with Crippen LogP contribution in [-0.4, -0.2) is 18.7 Å². The first-order valence-corrected chi connectivity index (χ1v) is 6.96. The van der Waals surface area contributed by atoms with Crippen LogP contribution in [0, 0.1) is 0 Å². The van der Waals surface area contributed by atoms with Crippen LogP contribution in [0.1, 0.15) is 18.4 Å². The molecular weight excluding hydrogens is 280 g/mol. The summed E-state index contributed by atoms with van der Waals surface area (Å²) in [4.78, 5) is 0. The SMILES string of the molecule is BrCC/C=C/CCOCOCc1ccccc1. The third-order valence-electron chi connectivity index (χ3n) is 2.15. The maximum atomic E-state index is 5.39. The molecule has 2 nitrogen and oxygen atoms in total. The van der Waals surface area contributed by atoms with Gasteiger partial charge in [-0.1, -0.05) is 58.4 Å². The van der Waals surface area contributed by atoms with E-state index in [1.807, 2.05) is 30.3 Å². The Morgan fingerprint density at radius 1 is 1.00 bits per heavy atom. The Balaban J connectivity index is 1.91. The predicted molar refractivity (Wildman–Crippen MR) is 74.2 cm³/mol. The number of hydrogen-bond acceptors (Lipinski definition) is 2. The molecular formula is C14H19BrO2. The molecule has 0 aromatic heterocycles. The zero-order chi connectivity index (χ0) is 12.2. The summed E-state index contributed by atoms with van der Waals surface area (Å²) in [6, 6.07) is 10.1. The van der Waals surface area contributed by atoms with Crippen LogP contribution in [-0.2, 0) is 16.1 Å². The lowest BCUT2D eigenvalue weighted by molar-refractivity contribution is -0.0600. The van der Waals surface area contributed by atoms with Gasteiger partial charge in [0.15, 0.2) is 0 Å². The lowest BCUT2D eigenvalue weighted by Gasteiger charge is -2.04. The first-order valence-electron chi connectivity index (χ1n) is 5.84. The Hall–Kier alpha value is -0.640. The minimum atomic E-state index is 0.362. The number of halogens is 1. The zero-order valence-electron chi connectivity index (χ0n) is 9.98. The highest BCUT2D eigenvalue weighted by molar-refractivity contribution is 9.09. The molecule has 3 heteroatoms. The number of rotatable bonds is 9. The number of allylic oxidation sites excluding steroid dienone is 1. The van der Waals surface area contributed by atoms with Gasteiger partial charge in [-0.3, -0.25) is 0 Å². The van der Waals surface area contributed by atoms with Crippen LogP contribution in [0.15, 0.2) is 42.5 Å². The summed E-state index contributed by atoms with van der Waals surface area (Å²) in [6.07, 6.45) is 6.31. The molecule has 0 aliphatic rings. The van der Waals surface area contributed by atoms with E-state index >= 15 is 0 Å². The van der Waals surface area contributed by atoms with Crippen LogP contribution in [0.4, 0.5) is 0 Å². The molecule has 0 saturated heterocycles. The second-order valence-corrected chi connectivity index (χ2v) is 4.39. The second kappa shape index (κ2) is 10.5. The summed E-state index contributed by atoms with van der Waals surface area (Å²) >= 11 is 3.37. The van der Waals surface area contributed by atoms with Crippen LogP contribution in [0.25, 0.3) is 0 Å². The largest absolute Gasteiger partial charge is 0.355 e. The van der Waals surface area contributed by atoms with Gasteiger partial charge in [0.25, 0.3) is 0 Å². The van der Waals surface area contributed by atoms with Gasteiger partial charge in [-0.25, -0.2) is 0 Å². The highest BCUT2D eigenvalue weighted by atomic mass is 79.9. The van der Waals surface area contributed by atoms with Crippen molar-refractivity contribution in [3.05, 3.63) is 48.0 Å². The summed E-state index contributed by atoms with van der Waals surface area (Å²) in [5.41, 5.74) is 1.17. The Morgan fingerprint density at radius 2 is 1.76 bits per heavy atom. The summed E-state index contributed by atoms with van der Waals surface area (Å²) in [5.74, 6) is 0. The van der Waals surface area contributed by atoms with Gasteiger partial charge in [0.05, 0.1) is 13.2 Å². The summed E-state index contributed by atoms with van der Waals surface area (Å²) in [6.45, 7) is 1.69. The maximum absolute atomic E-state index is 5.39. The molecule has 0 radical (unpaired) electrons. The molecule has 0 aliphatic carbocycles. The van der Waals surface area contributed by atoms with Crippen LogP contribution in [0.3, 0.4) is 0 Å². The van der Waals surface area contributed by atoms with Gasteiger partial charge >= 0.3 is 0 Å². The van der Waals surface area contributed by atoms with E-state index in [0.29, 0.717) is 20.0 Å². The molecule has 1 aromatic rings. The minimum Gasteiger partial charge on any atom is -0.355 e. The van der Waals surface area contributed by atoms with Crippen molar-refractivity contribution in [2.24, 2.45) is 0 Å². The topological polar surface area (TPSA) is 18.5 Å². The van der Waals surface area contributed by atoms with Gasteiger partial charge in [-0.15, -0.1) is 0 Å². The summed E-state index contributed by atoms with van der Waals surface area (Å²) < 4.78 is 10.7. The average Bonchev–Trinajstić information content (AvgIpc) is 2.38. The number of ether oxygens (including phenoxy) is 2. The molecule has 1 aromatic carbocycles. The normalized spacial score (nSPS) is 11.1. The molecule has 0 aliphatic heterocycles. The number of alkyl halides is 1. The number of hydrogen-bond donors (Lipinski definition) is 0. The Bertz CT molecular complexity index is 298. The molecule has 0 fully saturated rings. The molecule has 17 heavy (non-hydrogen) atoms. The minimum absolute atomic E-state index is 0.362. The molecule has 0 N–H and O–H groups in total. The van der Waals surface area contributed by atoms with Gasteiger partial charge in [0.2, 0.25) is 0 Å². The van der Waals surface area contributed by atoms with Crippen molar-refractivity contribution in [3.63, 3.8) is 0 Å². The fourth-order valence-electron chi connectivity index (χ4n) is 1.30. The zero-order valence-corrected chi connectivity index (χ0v) is 11.6. The monoisotopic (exact) mass is 298 g/mol.